The van der Waals surface area contributed by atoms with E-state index in [2.05, 4.69) is 50.8 Å². The second-order valence-electron chi connectivity index (χ2n) is 7.61. The Morgan fingerprint density at radius 1 is 1.00 bits per heavy atom. The number of anilines is 1. The summed E-state index contributed by atoms with van der Waals surface area (Å²) in [6.07, 6.45) is 10.9. The predicted octanol–water partition coefficient (Wildman–Crippen LogP) is 5.52. The molecule has 5 aromatic rings. The number of allylic oxidation sites excluding steroid dienone is 2. The summed E-state index contributed by atoms with van der Waals surface area (Å²) in [6, 6.07) is 14.2. The second-order valence-corrected chi connectivity index (χ2v) is 7.61. The van der Waals surface area contributed by atoms with Gasteiger partial charge in [0.15, 0.2) is 0 Å². The van der Waals surface area contributed by atoms with Crippen LogP contribution in [0.2, 0.25) is 0 Å². The van der Waals surface area contributed by atoms with Gasteiger partial charge >= 0.3 is 0 Å². The Labute approximate surface area is 185 Å². The molecule has 0 fully saturated rings. The number of hydrogen-bond donors (Lipinski definition) is 3. The topological polar surface area (TPSA) is 96.3 Å². The van der Waals surface area contributed by atoms with Crippen molar-refractivity contribution in [3.63, 3.8) is 0 Å². The van der Waals surface area contributed by atoms with Crippen molar-refractivity contribution in [3.8, 4) is 22.5 Å². The molecule has 0 radical (unpaired) electrons. The van der Waals surface area contributed by atoms with Gasteiger partial charge in [0.25, 0.3) is 0 Å². The second kappa shape index (κ2) is 8.00. The average Bonchev–Trinajstić information content (AvgIpc) is 3.41. The van der Waals surface area contributed by atoms with Gasteiger partial charge in [-0.15, -0.1) is 0 Å². The van der Waals surface area contributed by atoms with Crippen LogP contribution in [-0.4, -0.2) is 25.1 Å². The lowest BCUT2D eigenvalue weighted by Crippen LogP contribution is -1.88. The van der Waals surface area contributed by atoms with E-state index in [-0.39, 0.29) is 0 Å². The summed E-state index contributed by atoms with van der Waals surface area (Å²) in [5.41, 5.74) is 15.6. The van der Waals surface area contributed by atoms with Crippen LogP contribution in [0.15, 0.2) is 86.0 Å². The Balaban J connectivity index is 1.61. The summed E-state index contributed by atoms with van der Waals surface area (Å²) >= 11 is 0. The van der Waals surface area contributed by atoms with Crippen molar-refractivity contribution < 1.29 is 0 Å². The fourth-order valence-electron chi connectivity index (χ4n) is 3.97. The van der Waals surface area contributed by atoms with Gasteiger partial charge in [0.1, 0.15) is 5.69 Å². The van der Waals surface area contributed by atoms with E-state index < -0.39 is 0 Å². The monoisotopic (exact) mass is 418 g/mol. The number of fused-ring (bicyclic) bond motifs is 1. The molecule has 6 nitrogen and oxygen atoms in total. The van der Waals surface area contributed by atoms with Crippen molar-refractivity contribution in [2.75, 3.05) is 5.73 Å². The van der Waals surface area contributed by atoms with Crippen molar-refractivity contribution in [1.82, 2.24) is 25.1 Å². The number of aryl methyl sites for hydroxylation is 1. The van der Waals surface area contributed by atoms with Crippen molar-refractivity contribution in [2.45, 2.75) is 6.92 Å². The Morgan fingerprint density at radius 2 is 1.84 bits per heavy atom. The lowest BCUT2D eigenvalue weighted by molar-refractivity contribution is 1.11. The smallest absolute Gasteiger partial charge is 0.116 e. The molecule has 0 aliphatic heterocycles. The number of nitrogen functional groups attached to an aromatic ring is 1. The van der Waals surface area contributed by atoms with Crippen LogP contribution in [0.25, 0.3) is 39.0 Å². The number of H-pyrrole nitrogens is 2. The van der Waals surface area contributed by atoms with E-state index in [0.29, 0.717) is 5.69 Å². The molecule has 1 aromatic carbocycles. The van der Waals surface area contributed by atoms with E-state index in [1.807, 2.05) is 42.6 Å². The summed E-state index contributed by atoms with van der Waals surface area (Å²) in [6.45, 7) is 5.95. The van der Waals surface area contributed by atoms with Gasteiger partial charge < -0.3 is 10.7 Å². The third-order valence-electron chi connectivity index (χ3n) is 5.49. The summed E-state index contributed by atoms with van der Waals surface area (Å²) in [4.78, 5) is 11.9. The van der Waals surface area contributed by atoms with Crippen LogP contribution < -0.4 is 5.73 Å². The number of aromatic nitrogens is 5. The highest BCUT2D eigenvalue weighted by Crippen LogP contribution is 2.34. The van der Waals surface area contributed by atoms with E-state index in [1.165, 1.54) is 0 Å². The largest absolute Gasteiger partial charge is 0.397 e. The van der Waals surface area contributed by atoms with E-state index >= 15 is 0 Å². The maximum absolute atomic E-state index is 5.93. The van der Waals surface area contributed by atoms with Gasteiger partial charge in [0.2, 0.25) is 0 Å². The van der Waals surface area contributed by atoms with Crippen molar-refractivity contribution in [3.05, 3.63) is 103 Å². The highest BCUT2D eigenvalue weighted by Gasteiger charge is 2.16. The Bertz CT molecular complexity index is 1460. The van der Waals surface area contributed by atoms with E-state index in [9.17, 15) is 0 Å². The molecule has 0 atom stereocenters. The first-order chi connectivity index (χ1) is 15.6. The first-order valence-corrected chi connectivity index (χ1v) is 10.3. The van der Waals surface area contributed by atoms with E-state index in [0.717, 1.165) is 55.8 Å². The SMILES string of the molecule is C=C/C=C(/c1ccncc1)c1cc(-c2n[nH]c3ccc(-c4cncc(N)c4)cc23)[nH]c1C. The molecule has 6 heteroatoms. The number of rotatable bonds is 5. The predicted molar refractivity (Wildman–Crippen MR) is 130 cm³/mol. The van der Waals surface area contributed by atoms with Crippen molar-refractivity contribution in [1.29, 1.82) is 0 Å². The van der Waals surface area contributed by atoms with Gasteiger partial charge in [-0.1, -0.05) is 24.8 Å². The molecule has 4 N–H and O–H groups in total. The minimum Gasteiger partial charge on any atom is -0.397 e. The summed E-state index contributed by atoms with van der Waals surface area (Å²) < 4.78 is 0. The molecule has 32 heavy (non-hydrogen) atoms. The molecule has 4 heterocycles. The molecule has 156 valence electrons. The summed E-state index contributed by atoms with van der Waals surface area (Å²) in [5.74, 6) is 0. The van der Waals surface area contributed by atoms with Crippen molar-refractivity contribution >= 4 is 22.2 Å². The van der Waals surface area contributed by atoms with Gasteiger partial charge in [0, 0.05) is 47.0 Å². The number of nitrogens with zero attached hydrogens (tertiary/aromatic N) is 3. The highest BCUT2D eigenvalue weighted by atomic mass is 15.1. The molecule has 0 aliphatic rings. The molecular weight excluding hydrogens is 396 g/mol. The van der Waals surface area contributed by atoms with E-state index in [1.54, 1.807) is 24.7 Å². The molecule has 0 amide bonds. The zero-order valence-electron chi connectivity index (χ0n) is 17.6. The molecule has 0 saturated heterocycles. The van der Waals surface area contributed by atoms with Crippen LogP contribution in [0.3, 0.4) is 0 Å². The number of pyridine rings is 2. The first kappa shape index (κ1) is 19.5. The van der Waals surface area contributed by atoms with Gasteiger partial charge in [-0.25, -0.2) is 0 Å². The van der Waals surface area contributed by atoms with Gasteiger partial charge in [-0.3, -0.25) is 15.1 Å². The van der Waals surface area contributed by atoms with Crippen LogP contribution in [0.4, 0.5) is 5.69 Å². The lowest BCUT2D eigenvalue weighted by atomic mass is 9.98. The minimum absolute atomic E-state index is 0.636. The van der Waals surface area contributed by atoms with Crippen LogP contribution in [0.1, 0.15) is 16.8 Å². The Morgan fingerprint density at radius 3 is 2.62 bits per heavy atom. The fourth-order valence-corrected chi connectivity index (χ4v) is 3.97. The molecule has 4 aromatic heterocycles. The normalized spacial score (nSPS) is 11.7. The third-order valence-corrected chi connectivity index (χ3v) is 5.49. The number of hydrogen-bond acceptors (Lipinski definition) is 4. The molecule has 0 bridgehead atoms. The molecule has 0 spiro atoms. The van der Waals surface area contributed by atoms with Gasteiger partial charge in [-0.05, 0) is 60.0 Å². The quantitative estimate of drug-likeness (QED) is 0.327. The Hall–Kier alpha value is -4.45. The number of benzene rings is 1. The fraction of sp³-hybridized carbons (Fsp3) is 0.0385. The molecular formula is C26H22N6. The van der Waals surface area contributed by atoms with Crippen LogP contribution >= 0.6 is 0 Å². The van der Waals surface area contributed by atoms with Gasteiger partial charge in [0.05, 0.1) is 16.9 Å². The minimum atomic E-state index is 0.636. The molecule has 0 aliphatic carbocycles. The van der Waals surface area contributed by atoms with E-state index in [4.69, 9.17) is 5.73 Å². The molecule has 5 rings (SSSR count). The molecule has 0 unspecified atom stereocenters. The highest BCUT2D eigenvalue weighted by molar-refractivity contribution is 5.96. The standard InChI is InChI=1S/C26H22N6/c1-3-4-21(17-7-9-28-10-8-17)22-13-25(30-16(22)2)26-23-12-18(5-6-24(23)31-32-26)19-11-20(27)15-29-14-19/h3-15,30H,1,27H2,2H3,(H,31,32)/b21-4-. The number of nitrogens with two attached hydrogens (primary N) is 1. The van der Waals surface area contributed by atoms with Crippen LogP contribution in [0, 0.1) is 6.92 Å². The van der Waals surface area contributed by atoms with Crippen LogP contribution in [0.5, 0.6) is 0 Å². The maximum atomic E-state index is 5.93. The summed E-state index contributed by atoms with van der Waals surface area (Å²) in [7, 11) is 0. The average molecular weight is 419 g/mol. The lowest BCUT2D eigenvalue weighted by Gasteiger charge is -2.06. The van der Waals surface area contributed by atoms with Gasteiger partial charge in [-0.2, -0.15) is 5.10 Å². The third kappa shape index (κ3) is 3.48. The van der Waals surface area contributed by atoms with Crippen molar-refractivity contribution in [2.24, 2.45) is 0 Å². The zero-order chi connectivity index (χ0) is 22.1. The molecule has 0 saturated carbocycles. The Kier molecular flexibility index (Phi) is 4.88. The maximum Gasteiger partial charge on any atom is 0.116 e. The zero-order valence-corrected chi connectivity index (χ0v) is 17.6. The first-order valence-electron chi connectivity index (χ1n) is 10.3. The number of nitrogens with one attached hydrogen (secondary N) is 2. The van der Waals surface area contributed by atoms with Crippen LogP contribution in [-0.2, 0) is 0 Å². The summed E-state index contributed by atoms with van der Waals surface area (Å²) in [5, 5.41) is 8.77. The number of aromatic amines is 2.